The third kappa shape index (κ3) is 4.13. The number of aromatic nitrogens is 2. The molecule has 7 nitrogen and oxygen atoms in total. The van der Waals surface area contributed by atoms with Gasteiger partial charge in [-0.25, -0.2) is 0 Å². The Hall–Kier alpha value is -3.48. The summed E-state index contributed by atoms with van der Waals surface area (Å²) < 4.78 is 5.12. The zero-order chi connectivity index (χ0) is 18.5. The standard InChI is InChI=1S/C19H18N4O3/c1-3-17-22-18(23-26-17)13-6-4-9-16(10-13)21-19(25)14-7-5-8-15(11-14)20-12(2)24/h4-11H,3H2,1-2H3,(H,20,24)(H,21,25). The quantitative estimate of drug-likeness (QED) is 0.734. The summed E-state index contributed by atoms with van der Waals surface area (Å²) >= 11 is 0. The van der Waals surface area contributed by atoms with Gasteiger partial charge in [-0.3, -0.25) is 9.59 Å². The SMILES string of the molecule is CCc1nc(-c2cccc(NC(=O)c3cccc(NC(C)=O)c3)c2)no1. The Morgan fingerprint density at radius 2 is 1.77 bits per heavy atom. The molecule has 0 aliphatic heterocycles. The molecule has 2 N–H and O–H groups in total. The normalized spacial score (nSPS) is 10.4. The van der Waals surface area contributed by atoms with Gasteiger partial charge in [0.1, 0.15) is 0 Å². The largest absolute Gasteiger partial charge is 0.339 e. The molecule has 7 heteroatoms. The third-order valence-electron chi connectivity index (χ3n) is 3.59. The highest BCUT2D eigenvalue weighted by molar-refractivity contribution is 6.05. The summed E-state index contributed by atoms with van der Waals surface area (Å²) in [5, 5.41) is 9.42. The second-order valence-electron chi connectivity index (χ2n) is 5.66. The molecule has 2 aromatic carbocycles. The van der Waals surface area contributed by atoms with Gasteiger partial charge in [0.2, 0.25) is 17.6 Å². The van der Waals surface area contributed by atoms with Gasteiger partial charge in [-0.2, -0.15) is 4.98 Å². The zero-order valence-corrected chi connectivity index (χ0v) is 14.4. The summed E-state index contributed by atoms with van der Waals surface area (Å²) in [4.78, 5) is 27.9. The van der Waals surface area contributed by atoms with Crippen LogP contribution < -0.4 is 10.6 Å². The summed E-state index contributed by atoms with van der Waals surface area (Å²) in [6.07, 6.45) is 0.661. The van der Waals surface area contributed by atoms with E-state index in [2.05, 4.69) is 20.8 Å². The van der Waals surface area contributed by atoms with Gasteiger partial charge in [0, 0.05) is 35.8 Å². The molecule has 0 radical (unpaired) electrons. The lowest BCUT2D eigenvalue weighted by Crippen LogP contribution is -2.13. The average Bonchev–Trinajstić information content (AvgIpc) is 3.11. The summed E-state index contributed by atoms with van der Waals surface area (Å²) in [5.74, 6) is 0.563. The minimum Gasteiger partial charge on any atom is -0.339 e. The van der Waals surface area contributed by atoms with Crippen molar-refractivity contribution in [2.24, 2.45) is 0 Å². The number of rotatable bonds is 5. The van der Waals surface area contributed by atoms with Crippen LogP contribution in [-0.4, -0.2) is 22.0 Å². The predicted molar refractivity (Wildman–Crippen MR) is 97.8 cm³/mol. The molecule has 1 heterocycles. The number of nitrogens with zero attached hydrogens (tertiary/aromatic N) is 2. The molecule has 0 saturated heterocycles. The smallest absolute Gasteiger partial charge is 0.255 e. The van der Waals surface area contributed by atoms with Gasteiger partial charge in [-0.15, -0.1) is 0 Å². The van der Waals surface area contributed by atoms with E-state index in [9.17, 15) is 9.59 Å². The van der Waals surface area contributed by atoms with Crippen LogP contribution in [0.25, 0.3) is 11.4 Å². The van der Waals surface area contributed by atoms with Crippen molar-refractivity contribution in [2.75, 3.05) is 10.6 Å². The van der Waals surface area contributed by atoms with Gasteiger partial charge in [-0.1, -0.05) is 30.3 Å². The van der Waals surface area contributed by atoms with E-state index in [1.165, 1.54) is 6.92 Å². The fraction of sp³-hybridized carbons (Fsp3) is 0.158. The first kappa shape index (κ1) is 17.3. The maximum absolute atomic E-state index is 12.5. The molecule has 0 bridgehead atoms. The maximum atomic E-state index is 12.5. The Kier molecular flexibility index (Phi) is 5.07. The minimum absolute atomic E-state index is 0.193. The molecule has 2 amide bonds. The third-order valence-corrected chi connectivity index (χ3v) is 3.59. The predicted octanol–water partition coefficient (Wildman–Crippen LogP) is 3.51. The topological polar surface area (TPSA) is 97.1 Å². The Morgan fingerprint density at radius 1 is 1.04 bits per heavy atom. The van der Waals surface area contributed by atoms with E-state index in [4.69, 9.17) is 4.52 Å². The molecular weight excluding hydrogens is 332 g/mol. The monoisotopic (exact) mass is 350 g/mol. The van der Waals surface area contributed by atoms with Crippen LogP contribution in [0.3, 0.4) is 0 Å². The van der Waals surface area contributed by atoms with Gasteiger partial charge >= 0.3 is 0 Å². The van der Waals surface area contributed by atoms with Gasteiger partial charge in [0.15, 0.2) is 0 Å². The Morgan fingerprint density at radius 3 is 2.46 bits per heavy atom. The number of aryl methyl sites for hydroxylation is 1. The van der Waals surface area contributed by atoms with Crippen LogP contribution >= 0.6 is 0 Å². The van der Waals surface area contributed by atoms with Crippen LogP contribution in [0.5, 0.6) is 0 Å². The molecular formula is C19H18N4O3. The molecule has 1 aromatic heterocycles. The van der Waals surface area contributed by atoms with E-state index in [0.29, 0.717) is 35.1 Å². The molecule has 3 rings (SSSR count). The van der Waals surface area contributed by atoms with Crippen molar-refractivity contribution in [3.05, 3.63) is 60.0 Å². The lowest BCUT2D eigenvalue weighted by atomic mass is 10.1. The van der Waals surface area contributed by atoms with E-state index in [0.717, 1.165) is 5.56 Å². The molecule has 0 spiro atoms. The fourth-order valence-electron chi connectivity index (χ4n) is 2.40. The number of amides is 2. The Balaban J connectivity index is 1.77. The fourth-order valence-corrected chi connectivity index (χ4v) is 2.40. The van der Waals surface area contributed by atoms with Crippen molar-refractivity contribution in [3.63, 3.8) is 0 Å². The molecule has 3 aromatic rings. The summed E-state index contributed by atoms with van der Waals surface area (Å²) in [6, 6.07) is 13.9. The van der Waals surface area contributed by atoms with Gasteiger partial charge < -0.3 is 15.2 Å². The molecule has 0 aliphatic carbocycles. The highest BCUT2D eigenvalue weighted by atomic mass is 16.5. The van der Waals surface area contributed by atoms with Crippen molar-refractivity contribution in [1.82, 2.24) is 10.1 Å². The second kappa shape index (κ2) is 7.60. The molecule has 0 saturated carbocycles. The van der Waals surface area contributed by atoms with Crippen LogP contribution in [0.1, 0.15) is 30.1 Å². The molecule has 0 unspecified atom stereocenters. The highest BCUT2D eigenvalue weighted by Crippen LogP contribution is 2.21. The van der Waals surface area contributed by atoms with Crippen LogP contribution in [0, 0.1) is 0 Å². The van der Waals surface area contributed by atoms with E-state index in [1.807, 2.05) is 13.0 Å². The number of nitrogens with one attached hydrogen (secondary N) is 2. The first-order valence-electron chi connectivity index (χ1n) is 8.17. The number of carbonyl (C=O) groups excluding carboxylic acids is 2. The molecule has 0 aliphatic rings. The van der Waals surface area contributed by atoms with Crippen molar-refractivity contribution >= 4 is 23.2 Å². The van der Waals surface area contributed by atoms with Crippen molar-refractivity contribution < 1.29 is 14.1 Å². The van der Waals surface area contributed by atoms with Gasteiger partial charge in [0.05, 0.1) is 0 Å². The van der Waals surface area contributed by atoms with Crippen molar-refractivity contribution in [1.29, 1.82) is 0 Å². The van der Waals surface area contributed by atoms with Crippen LogP contribution in [0.2, 0.25) is 0 Å². The Labute approximate surface area is 150 Å². The first-order valence-corrected chi connectivity index (χ1v) is 8.17. The van der Waals surface area contributed by atoms with E-state index in [1.54, 1.807) is 42.5 Å². The maximum Gasteiger partial charge on any atom is 0.255 e. The lowest BCUT2D eigenvalue weighted by Gasteiger charge is -2.08. The Bertz CT molecular complexity index is 949. The summed E-state index contributed by atoms with van der Waals surface area (Å²) in [7, 11) is 0. The van der Waals surface area contributed by atoms with E-state index in [-0.39, 0.29) is 11.8 Å². The van der Waals surface area contributed by atoms with Gasteiger partial charge in [0.25, 0.3) is 5.91 Å². The highest BCUT2D eigenvalue weighted by Gasteiger charge is 2.11. The molecule has 0 fully saturated rings. The average molecular weight is 350 g/mol. The first-order chi connectivity index (χ1) is 12.5. The molecule has 0 atom stereocenters. The molecule has 26 heavy (non-hydrogen) atoms. The minimum atomic E-state index is -0.281. The van der Waals surface area contributed by atoms with Crippen molar-refractivity contribution in [2.45, 2.75) is 20.3 Å². The van der Waals surface area contributed by atoms with Crippen molar-refractivity contribution in [3.8, 4) is 11.4 Å². The van der Waals surface area contributed by atoms with E-state index >= 15 is 0 Å². The van der Waals surface area contributed by atoms with Crippen LogP contribution in [0.4, 0.5) is 11.4 Å². The van der Waals surface area contributed by atoms with Crippen LogP contribution in [0.15, 0.2) is 53.1 Å². The van der Waals surface area contributed by atoms with Crippen LogP contribution in [-0.2, 0) is 11.2 Å². The summed E-state index contributed by atoms with van der Waals surface area (Å²) in [5.41, 5.74) is 2.37. The number of hydrogen-bond donors (Lipinski definition) is 2. The summed E-state index contributed by atoms with van der Waals surface area (Å²) in [6.45, 7) is 3.35. The zero-order valence-electron chi connectivity index (χ0n) is 14.4. The lowest BCUT2D eigenvalue weighted by molar-refractivity contribution is -0.114. The number of hydrogen-bond acceptors (Lipinski definition) is 5. The number of anilines is 2. The number of carbonyl (C=O) groups is 2. The van der Waals surface area contributed by atoms with Gasteiger partial charge in [-0.05, 0) is 30.3 Å². The van der Waals surface area contributed by atoms with E-state index < -0.39 is 0 Å². The number of benzene rings is 2. The molecule has 132 valence electrons. The second-order valence-corrected chi connectivity index (χ2v) is 5.66.